The normalized spacial score (nSPS) is 12.5. The van der Waals surface area contributed by atoms with Gasteiger partial charge in [-0.25, -0.2) is 4.39 Å². The Bertz CT molecular complexity index is 333. The average Bonchev–Trinajstić information content (AvgIpc) is 2.30. The first-order valence-corrected chi connectivity index (χ1v) is 6.19. The first kappa shape index (κ1) is 13.5. The number of nitrogens with two attached hydrogens (primary N) is 1. The maximum Gasteiger partial charge on any atom is 0.123 e. The van der Waals surface area contributed by atoms with Gasteiger partial charge in [0.25, 0.3) is 0 Å². The molecule has 0 aliphatic rings. The van der Waals surface area contributed by atoms with Gasteiger partial charge in [-0.2, -0.15) is 0 Å². The molecule has 0 aliphatic carbocycles. The third-order valence-electron chi connectivity index (χ3n) is 2.37. The van der Waals surface area contributed by atoms with Crippen LogP contribution in [0.4, 0.5) is 4.39 Å². The van der Waals surface area contributed by atoms with Gasteiger partial charge in [-0.3, -0.25) is 0 Å². The van der Waals surface area contributed by atoms with Crippen LogP contribution in [0.2, 0.25) is 0 Å². The molecule has 0 amide bonds. The second kappa shape index (κ2) is 6.86. The lowest BCUT2D eigenvalue weighted by Crippen LogP contribution is -2.21. The molecule has 0 bridgehead atoms. The summed E-state index contributed by atoms with van der Waals surface area (Å²) in [6.07, 6.45) is 1.73. The van der Waals surface area contributed by atoms with E-state index in [0.29, 0.717) is 5.75 Å². The lowest BCUT2D eigenvalue weighted by Gasteiger charge is -2.12. The standard InChI is InChI=1S/C12H17BrFNO/c1-2-10(15)7-9-8-11(16-6-5-14)3-4-12(9)13/h3-4,8,10H,2,5-7,15H2,1H3. The van der Waals surface area contributed by atoms with Crippen molar-refractivity contribution >= 4 is 15.9 Å². The fourth-order valence-corrected chi connectivity index (χ4v) is 1.79. The van der Waals surface area contributed by atoms with E-state index in [1.54, 1.807) is 0 Å². The van der Waals surface area contributed by atoms with Crippen molar-refractivity contribution < 1.29 is 9.13 Å². The Kier molecular flexibility index (Phi) is 5.77. The Hall–Kier alpha value is -0.610. The Morgan fingerprint density at radius 2 is 2.25 bits per heavy atom. The van der Waals surface area contributed by atoms with Gasteiger partial charge in [0, 0.05) is 10.5 Å². The van der Waals surface area contributed by atoms with Crippen molar-refractivity contribution in [2.24, 2.45) is 5.73 Å². The lowest BCUT2D eigenvalue weighted by molar-refractivity contribution is 0.273. The fourth-order valence-electron chi connectivity index (χ4n) is 1.38. The van der Waals surface area contributed by atoms with Crippen molar-refractivity contribution in [3.63, 3.8) is 0 Å². The van der Waals surface area contributed by atoms with Crippen LogP contribution >= 0.6 is 15.9 Å². The number of alkyl halides is 1. The number of rotatable bonds is 6. The van der Waals surface area contributed by atoms with E-state index in [1.807, 2.05) is 18.2 Å². The highest BCUT2D eigenvalue weighted by Gasteiger charge is 2.07. The number of hydrogen-bond donors (Lipinski definition) is 1. The van der Waals surface area contributed by atoms with E-state index in [1.165, 1.54) is 0 Å². The highest BCUT2D eigenvalue weighted by atomic mass is 79.9. The molecule has 1 aromatic rings. The van der Waals surface area contributed by atoms with E-state index in [-0.39, 0.29) is 12.6 Å². The number of benzene rings is 1. The lowest BCUT2D eigenvalue weighted by atomic mass is 10.0. The molecule has 4 heteroatoms. The van der Waals surface area contributed by atoms with Crippen molar-refractivity contribution in [2.75, 3.05) is 13.3 Å². The van der Waals surface area contributed by atoms with Crippen LogP contribution in [0.1, 0.15) is 18.9 Å². The molecule has 0 saturated heterocycles. The molecule has 0 heterocycles. The molecule has 0 saturated carbocycles. The highest BCUT2D eigenvalue weighted by Crippen LogP contribution is 2.24. The minimum Gasteiger partial charge on any atom is -0.491 e. The summed E-state index contributed by atoms with van der Waals surface area (Å²) < 4.78 is 18.2. The van der Waals surface area contributed by atoms with Gasteiger partial charge >= 0.3 is 0 Å². The van der Waals surface area contributed by atoms with E-state index < -0.39 is 6.67 Å². The molecular weight excluding hydrogens is 273 g/mol. The van der Waals surface area contributed by atoms with Gasteiger partial charge in [-0.1, -0.05) is 22.9 Å². The first-order chi connectivity index (χ1) is 7.67. The minimum absolute atomic E-state index is 0.0981. The summed E-state index contributed by atoms with van der Waals surface area (Å²) >= 11 is 3.47. The smallest absolute Gasteiger partial charge is 0.123 e. The third kappa shape index (κ3) is 4.10. The van der Waals surface area contributed by atoms with Crippen LogP contribution in [0.15, 0.2) is 22.7 Å². The quantitative estimate of drug-likeness (QED) is 0.874. The fraction of sp³-hybridized carbons (Fsp3) is 0.500. The van der Waals surface area contributed by atoms with Gasteiger partial charge in [0.05, 0.1) is 0 Å². The molecule has 1 unspecified atom stereocenters. The van der Waals surface area contributed by atoms with Gasteiger partial charge in [-0.15, -0.1) is 0 Å². The maximum atomic E-state index is 12.0. The van der Waals surface area contributed by atoms with E-state index in [0.717, 1.165) is 22.9 Å². The predicted molar refractivity (Wildman–Crippen MR) is 67.6 cm³/mol. The zero-order valence-corrected chi connectivity index (χ0v) is 11.0. The molecule has 2 N–H and O–H groups in total. The molecule has 0 radical (unpaired) electrons. The van der Waals surface area contributed by atoms with Crippen molar-refractivity contribution in [3.8, 4) is 5.75 Å². The van der Waals surface area contributed by atoms with Crippen molar-refractivity contribution in [3.05, 3.63) is 28.2 Å². The van der Waals surface area contributed by atoms with E-state index in [4.69, 9.17) is 10.5 Å². The van der Waals surface area contributed by atoms with Crippen molar-refractivity contribution in [1.29, 1.82) is 0 Å². The predicted octanol–water partition coefficient (Wildman–Crippen LogP) is 3.08. The topological polar surface area (TPSA) is 35.2 Å². The highest BCUT2D eigenvalue weighted by molar-refractivity contribution is 9.10. The van der Waals surface area contributed by atoms with Crippen molar-refractivity contribution in [1.82, 2.24) is 0 Å². The van der Waals surface area contributed by atoms with E-state index >= 15 is 0 Å². The third-order valence-corrected chi connectivity index (χ3v) is 3.14. The monoisotopic (exact) mass is 289 g/mol. The largest absolute Gasteiger partial charge is 0.491 e. The van der Waals surface area contributed by atoms with Crippen LogP contribution in [0.25, 0.3) is 0 Å². The molecule has 2 nitrogen and oxygen atoms in total. The average molecular weight is 290 g/mol. The molecule has 1 atom stereocenters. The van der Waals surface area contributed by atoms with Gasteiger partial charge in [0.1, 0.15) is 19.0 Å². The molecule has 1 aromatic carbocycles. The van der Waals surface area contributed by atoms with Crippen LogP contribution in [0, 0.1) is 0 Å². The molecule has 16 heavy (non-hydrogen) atoms. The summed E-state index contributed by atoms with van der Waals surface area (Å²) in [5, 5.41) is 0. The molecular formula is C12H17BrFNO. The molecule has 0 fully saturated rings. The zero-order valence-electron chi connectivity index (χ0n) is 9.38. The SMILES string of the molecule is CCC(N)Cc1cc(OCCF)ccc1Br. The minimum atomic E-state index is -0.472. The van der Waals surface area contributed by atoms with Crippen LogP contribution in [0.3, 0.4) is 0 Å². The number of ether oxygens (including phenoxy) is 1. The van der Waals surface area contributed by atoms with Crippen LogP contribution < -0.4 is 10.5 Å². The first-order valence-electron chi connectivity index (χ1n) is 5.40. The Morgan fingerprint density at radius 1 is 1.50 bits per heavy atom. The zero-order chi connectivity index (χ0) is 12.0. The number of hydrogen-bond acceptors (Lipinski definition) is 2. The Balaban J connectivity index is 2.73. The van der Waals surface area contributed by atoms with Gasteiger partial charge in [-0.05, 0) is 36.6 Å². The van der Waals surface area contributed by atoms with Crippen molar-refractivity contribution in [2.45, 2.75) is 25.8 Å². The second-order valence-electron chi connectivity index (χ2n) is 3.66. The summed E-state index contributed by atoms with van der Waals surface area (Å²) in [6, 6.07) is 5.79. The Labute approximate surface area is 104 Å². The van der Waals surface area contributed by atoms with E-state index in [9.17, 15) is 4.39 Å². The van der Waals surface area contributed by atoms with Gasteiger partial charge in [0.15, 0.2) is 0 Å². The molecule has 0 aromatic heterocycles. The van der Waals surface area contributed by atoms with E-state index in [2.05, 4.69) is 22.9 Å². The van der Waals surface area contributed by atoms with Gasteiger partial charge in [0.2, 0.25) is 0 Å². The Morgan fingerprint density at radius 3 is 2.88 bits per heavy atom. The molecule has 0 spiro atoms. The second-order valence-corrected chi connectivity index (χ2v) is 4.52. The summed E-state index contributed by atoms with van der Waals surface area (Å²) in [4.78, 5) is 0. The maximum absolute atomic E-state index is 12.0. The van der Waals surface area contributed by atoms with Crippen LogP contribution in [-0.4, -0.2) is 19.3 Å². The summed E-state index contributed by atoms with van der Waals surface area (Å²) in [7, 11) is 0. The summed E-state index contributed by atoms with van der Waals surface area (Å²) in [6.45, 7) is 1.68. The molecule has 1 rings (SSSR count). The van der Waals surface area contributed by atoms with Crippen LogP contribution in [0.5, 0.6) is 5.75 Å². The summed E-state index contributed by atoms with van der Waals surface area (Å²) in [5.41, 5.74) is 7.00. The van der Waals surface area contributed by atoms with Gasteiger partial charge < -0.3 is 10.5 Å². The summed E-state index contributed by atoms with van der Waals surface area (Å²) in [5.74, 6) is 0.694. The molecule has 90 valence electrons. The molecule has 0 aliphatic heterocycles. The number of halogens is 2. The van der Waals surface area contributed by atoms with Crippen LogP contribution in [-0.2, 0) is 6.42 Å².